The Morgan fingerprint density at radius 1 is 1.47 bits per heavy atom. The summed E-state index contributed by atoms with van der Waals surface area (Å²) in [7, 11) is 0. The second kappa shape index (κ2) is 5.33. The van der Waals surface area contributed by atoms with Crippen molar-refractivity contribution in [2.45, 2.75) is 30.6 Å². The molecule has 0 amide bonds. The fourth-order valence-electron chi connectivity index (χ4n) is 2.29. The Labute approximate surface area is 106 Å². The highest BCUT2D eigenvalue weighted by Crippen LogP contribution is 2.31. The fraction of sp³-hybridized carbons (Fsp3) is 0.462. The Morgan fingerprint density at radius 2 is 2.29 bits per heavy atom. The first-order chi connectivity index (χ1) is 8.22. The second-order valence-electron chi connectivity index (χ2n) is 4.43. The summed E-state index contributed by atoms with van der Waals surface area (Å²) in [6.07, 6.45) is 5.78. The molecular formula is C13H17N3S. The van der Waals surface area contributed by atoms with Crippen LogP contribution in [0.5, 0.6) is 0 Å². The third kappa shape index (κ3) is 2.86. The van der Waals surface area contributed by atoms with Crippen molar-refractivity contribution in [3.05, 3.63) is 23.8 Å². The van der Waals surface area contributed by atoms with Gasteiger partial charge in [0.05, 0.1) is 11.3 Å². The summed E-state index contributed by atoms with van der Waals surface area (Å²) >= 11 is 1.93. The van der Waals surface area contributed by atoms with Crippen LogP contribution in [0.3, 0.4) is 0 Å². The van der Waals surface area contributed by atoms with Crippen LogP contribution in [-0.2, 0) is 0 Å². The lowest BCUT2D eigenvalue weighted by atomic mass is 10.1. The number of nitriles is 1. The number of hydrogen-bond acceptors (Lipinski definition) is 4. The van der Waals surface area contributed by atoms with Gasteiger partial charge in [0, 0.05) is 17.0 Å². The van der Waals surface area contributed by atoms with Gasteiger partial charge >= 0.3 is 0 Å². The molecule has 17 heavy (non-hydrogen) atoms. The van der Waals surface area contributed by atoms with E-state index in [-0.39, 0.29) is 0 Å². The van der Waals surface area contributed by atoms with Crippen molar-refractivity contribution in [3.8, 4) is 6.07 Å². The standard InChI is InChI=1S/C13H17N3S/c1-17-12-4-3-11(7-12)16-13-5-2-10(15)6-9(13)8-14/h2,5-6,11-12,16H,3-4,7,15H2,1H3. The Balaban J connectivity index is 2.07. The average Bonchev–Trinajstić information content (AvgIpc) is 2.79. The SMILES string of the molecule is CSC1CCC(Nc2ccc(N)cc2C#N)C1. The first-order valence-corrected chi connectivity index (χ1v) is 7.10. The molecule has 1 fully saturated rings. The number of thioether (sulfide) groups is 1. The molecule has 0 bridgehead atoms. The highest BCUT2D eigenvalue weighted by atomic mass is 32.2. The minimum absolute atomic E-state index is 0.489. The molecule has 2 atom stereocenters. The van der Waals surface area contributed by atoms with E-state index >= 15 is 0 Å². The van der Waals surface area contributed by atoms with Gasteiger partial charge in [0.25, 0.3) is 0 Å². The zero-order valence-corrected chi connectivity index (χ0v) is 10.8. The molecule has 0 aromatic heterocycles. The third-order valence-electron chi connectivity index (χ3n) is 3.24. The van der Waals surface area contributed by atoms with Gasteiger partial charge in [-0.1, -0.05) is 0 Å². The Hall–Kier alpha value is -1.34. The third-order valence-corrected chi connectivity index (χ3v) is 4.34. The lowest BCUT2D eigenvalue weighted by Crippen LogP contribution is -2.16. The first-order valence-electron chi connectivity index (χ1n) is 5.82. The maximum atomic E-state index is 9.07. The molecule has 3 N–H and O–H groups in total. The molecule has 1 aromatic carbocycles. The smallest absolute Gasteiger partial charge is 0.101 e. The summed E-state index contributed by atoms with van der Waals surface area (Å²) in [5.41, 5.74) is 7.86. The number of hydrogen-bond donors (Lipinski definition) is 2. The van der Waals surface area contributed by atoms with Gasteiger partial charge in [-0.25, -0.2) is 0 Å². The van der Waals surface area contributed by atoms with Crippen molar-refractivity contribution < 1.29 is 0 Å². The summed E-state index contributed by atoms with van der Waals surface area (Å²) in [5, 5.41) is 13.3. The molecule has 1 aliphatic carbocycles. The van der Waals surface area contributed by atoms with Crippen molar-refractivity contribution in [3.63, 3.8) is 0 Å². The van der Waals surface area contributed by atoms with Gasteiger partial charge in [-0.15, -0.1) is 0 Å². The summed E-state index contributed by atoms with van der Waals surface area (Å²) in [6, 6.07) is 8.14. The zero-order valence-electron chi connectivity index (χ0n) is 9.94. The second-order valence-corrected chi connectivity index (χ2v) is 5.57. The van der Waals surface area contributed by atoms with Crippen molar-refractivity contribution in [2.24, 2.45) is 0 Å². The number of nitrogens with one attached hydrogen (secondary N) is 1. The topological polar surface area (TPSA) is 61.8 Å². The summed E-state index contributed by atoms with van der Waals surface area (Å²) in [5.74, 6) is 0. The predicted octanol–water partition coefficient (Wildman–Crippen LogP) is 2.84. The van der Waals surface area contributed by atoms with E-state index in [2.05, 4.69) is 17.6 Å². The Morgan fingerprint density at radius 3 is 2.94 bits per heavy atom. The number of benzene rings is 1. The number of nitrogen functional groups attached to an aromatic ring is 1. The lowest BCUT2D eigenvalue weighted by Gasteiger charge is -2.15. The van der Waals surface area contributed by atoms with Crippen molar-refractivity contribution in [1.82, 2.24) is 0 Å². The van der Waals surface area contributed by atoms with E-state index in [4.69, 9.17) is 11.0 Å². The quantitative estimate of drug-likeness (QED) is 0.806. The molecule has 0 radical (unpaired) electrons. The van der Waals surface area contributed by atoms with Crippen LogP contribution in [0, 0.1) is 11.3 Å². The highest BCUT2D eigenvalue weighted by Gasteiger charge is 2.24. The molecule has 4 heteroatoms. The van der Waals surface area contributed by atoms with E-state index in [1.165, 1.54) is 19.3 Å². The van der Waals surface area contributed by atoms with E-state index in [1.54, 1.807) is 6.07 Å². The Bertz CT molecular complexity index is 439. The molecule has 1 aromatic rings. The van der Waals surface area contributed by atoms with Crippen molar-refractivity contribution in [1.29, 1.82) is 5.26 Å². The Kier molecular flexibility index (Phi) is 3.80. The summed E-state index contributed by atoms with van der Waals surface area (Å²) < 4.78 is 0. The van der Waals surface area contributed by atoms with Gasteiger partial charge < -0.3 is 11.1 Å². The van der Waals surface area contributed by atoms with Gasteiger partial charge in [0.2, 0.25) is 0 Å². The van der Waals surface area contributed by atoms with E-state index < -0.39 is 0 Å². The van der Waals surface area contributed by atoms with Crippen LogP contribution in [-0.4, -0.2) is 17.5 Å². The zero-order chi connectivity index (χ0) is 12.3. The van der Waals surface area contributed by atoms with Crippen LogP contribution in [0.2, 0.25) is 0 Å². The summed E-state index contributed by atoms with van der Waals surface area (Å²) in [6.45, 7) is 0. The monoisotopic (exact) mass is 247 g/mol. The van der Waals surface area contributed by atoms with Gasteiger partial charge in [0.15, 0.2) is 0 Å². The molecule has 0 heterocycles. The van der Waals surface area contributed by atoms with Crippen LogP contribution >= 0.6 is 11.8 Å². The summed E-state index contributed by atoms with van der Waals surface area (Å²) in [4.78, 5) is 0. The van der Waals surface area contributed by atoms with Gasteiger partial charge in [0.1, 0.15) is 6.07 Å². The molecule has 0 saturated heterocycles. The minimum Gasteiger partial charge on any atom is -0.399 e. The molecule has 3 nitrogen and oxygen atoms in total. The fourth-order valence-corrected chi connectivity index (χ4v) is 3.08. The van der Waals surface area contributed by atoms with Crippen LogP contribution in [0.4, 0.5) is 11.4 Å². The molecule has 1 aliphatic rings. The number of nitrogens with two attached hydrogens (primary N) is 1. The lowest BCUT2D eigenvalue weighted by molar-refractivity contribution is 0.757. The van der Waals surface area contributed by atoms with Crippen LogP contribution < -0.4 is 11.1 Å². The molecule has 0 spiro atoms. The largest absolute Gasteiger partial charge is 0.399 e. The average molecular weight is 247 g/mol. The van der Waals surface area contributed by atoms with Crippen LogP contribution in [0.25, 0.3) is 0 Å². The predicted molar refractivity (Wildman–Crippen MR) is 74.1 cm³/mol. The molecule has 2 rings (SSSR count). The van der Waals surface area contributed by atoms with Crippen LogP contribution in [0.15, 0.2) is 18.2 Å². The van der Waals surface area contributed by atoms with E-state index in [9.17, 15) is 0 Å². The van der Waals surface area contributed by atoms with E-state index in [0.29, 0.717) is 17.3 Å². The normalized spacial score (nSPS) is 23.3. The van der Waals surface area contributed by atoms with Crippen molar-refractivity contribution >= 4 is 23.1 Å². The number of nitrogens with zero attached hydrogens (tertiary/aromatic N) is 1. The van der Waals surface area contributed by atoms with Gasteiger partial charge in [-0.05, 0) is 43.7 Å². The van der Waals surface area contributed by atoms with Gasteiger partial charge in [-0.3, -0.25) is 0 Å². The van der Waals surface area contributed by atoms with Gasteiger partial charge in [-0.2, -0.15) is 17.0 Å². The van der Waals surface area contributed by atoms with E-state index in [1.807, 2.05) is 23.9 Å². The first kappa shape index (κ1) is 12.1. The number of rotatable bonds is 3. The molecule has 2 unspecified atom stereocenters. The van der Waals surface area contributed by atoms with Crippen LogP contribution in [0.1, 0.15) is 24.8 Å². The molecule has 0 aliphatic heterocycles. The molecule has 90 valence electrons. The highest BCUT2D eigenvalue weighted by molar-refractivity contribution is 7.99. The molecular weight excluding hydrogens is 230 g/mol. The van der Waals surface area contributed by atoms with Crippen molar-refractivity contribution in [2.75, 3.05) is 17.3 Å². The molecule has 1 saturated carbocycles. The number of anilines is 2. The van der Waals surface area contributed by atoms with E-state index in [0.717, 1.165) is 10.9 Å². The maximum absolute atomic E-state index is 9.07. The minimum atomic E-state index is 0.489. The maximum Gasteiger partial charge on any atom is 0.101 e.